The number of ether oxygens (including phenoxy) is 1. The lowest BCUT2D eigenvalue weighted by molar-refractivity contribution is -0.122. The first-order valence-electron chi connectivity index (χ1n) is 15.0. The van der Waals surface area contributed by atoms with Crippen LogP contribution in [0.1, 0.15) is 113 Å². The molecule has 1 aliphatic carbocycles. The smallest absolute Gasteiger partial charge is 0.274 e. The summed E-state index contributed by atoms with van der Waals surface area (Å²) in [4.78, 5) is 26.8. The molecule has 0 saturated carbocycles. The average Bonchev–Trinajstić information content (AvgIpc) is 3.47. The molecule has 39 heavy (non-hydrogen) atoms. The molecule has 1 amide bonds. The number of Topliss-reactive ketones (excluding diaryl/α,β-unsaturated/α-hetero) is 1. The van der Waals surface area contributed by atoms with Crippen molar-refractivity contribution in [3.8, 4) is 5.75 Å². The quantitative estimate of drug-likeness (QED) is 0.395. The molecule has 1 aliphatic heterocycles. The number of piperidine rings is 1. The number of rotatable bonds is 10. The number of fused-ring (bicyclic) bond motifs is 1. The van der Waals surface area contributed by atoms with E-state index in [0.29, 0.717) is 43.6 Å². The Morgan fingerprint density at radius 2 is 1.72 bits per heavy atom. The summed E-state index contributed by atoms with van der Waals surface area (Å²) in [6.07, 6.45) is 7.90. The summed E-state index contributed by atoms with van der Waals surface area (Å²) in [5.74, 6) is 1.40. The number of hydrogen-bond acceptors (Lipinski definition) is 5. The topological polar surface area (TPSA) is 84.7 Å². The Bertz CT molecular complexity index is 1080. The summed E-state index contributed by atoms with van der Waals surface area (Å²) in [6, 6.07) is 8.26. The van der Waals surface area contributed by atoms with E-state index in [0.717, 1.165) is 42.7 Å². The van der Waals surface area contributed by atoms with E-state index in [-0.39, 0.29) is 30.3 Å². The lowest BCUT2D eigenvalue weighted by Crippen LogP contribution is -2.40. The molecule has 4 rings (SSSR count). The maximum atomic E-state index is 12.9. The van der Waals surface area contributed by atoms with Crippen molar-refractivity contribution in [2.45, 2.75) is 118 Å². The zero-order valence-electron chi connectivity index (χ0n) is 24.9. The molecule has 0 bridgehead atoms. The van der Waals surface area contributed by atoms with Crippen LogP contribution in [0, 0.1) is 12.8 Å². The molecule has 1 atom stereocenters. The molecule has 2 aromatic rings. The molecule has 1 fully saturated rings. The highest BCUT2D eigenvalue weighted by atomic mass is 16.5. The van der Waals surface area contributed by atoms with Crippen molar-refractivity contribution < 1.29 is 19.4 Å². The van der Waals surface area contributed by atoms with Crippen molar-refractivity contribution in [3.63, 3.8) is 0 Å². The third-order valence-corrected chi connectivity index (χ3v) is 7.92. The summed E-state index contributed by atoms with van der Waals surface area (Å²) in [5.41, 5.74) is 3.83. The molecule has 0 spiro atoms. The molecular weight excluding hydrogens is 490 g/mol. The number of amides is 1. The number of benzene rings is 1. The number of aryl methyl sites for hydroxylation is 1. The lowest BCUT2D eigenvalue weighted by Gasteiger charge is -2.29. The van der Waals surface area contributed by atoms with Crippen molar-refractivity contribution in [2.24, 2.45) is 5.92 Å². The van der Waals surface area contributed by atoms with Crippen LogP contribution in [0.25, 0.3) is 0 Å². The summed E-state index contributed by atoms with van der Waals surface area (Å²) in [6.45, 7) is 13.8. The van der Waals surface area contributed by atoms with E-state index in [2.05, 4.69) is 51.0 Å². The number of ketones is 1. The Kier molecular flexibility index (Phi) is 11.6. The summed E-state index contributed by atoms with van der Waals surface area (Å²) in [7, 11) is 0. The minimum absolute atomic E-state index is 0.0357. The van der Waals surface area contributed by atoms with Gasteiger partial charge in [0.25, 0.3) is 5.91 Å². The number of aliphatic hydroxyl groups is 1. The molecular formula is C32H49N3O4. The molecule has 2 heterocycles. The number of para-hydroxylation sites is 1. The van der Waals surface area contributed by atoms with E-state index >= 15 is 0 Å². The number of likely N-dealkylation sites (tertiary alicyclic amines) is 1. The minimum Gasteiger partial charge on any atom is -0.490 e. The zero-order valence-corrected chi connectivity index (χ0v) is 24.9. The number of nitrogens with zero attached hydrogens (tertiary/aromatic N) is 3. The molecule has 1 unspecified atom stereocenters. The van der Waals surface area contributed by atoms with E-state index in [9.17, 15) is 14.7 Å². The van der Waals surface area contributed by atoms with Crippen LogP contribution in [-0.2, 0) is 17.8 Å². The first kappa shape index (κ1) is 30.9. The SMILES string of the molecule is CC(C)C(=O)Cn1nc(C(=O)N2CCC(O)CC2)c2c1CCC2C.CCCC(CCC)Oc1ccccc1C. The summed E-state index contributed by atoms with van der Waals surface area (Å²) < 4.78 is 7.78. The standard InChI is InChI=1S/C18H27N3O3.C14H22O/c1-11(2)15(23)10-21-14-5-4-12(3)16(14)17(19-21)18(24)20-8-6-13(22)7-9-20;1-4-8-13(9-5-2)15-14-11-7-6-10-12(14)3/h11-13,22H,4-10H2,1-3H3;6-7,10-11,13H,4-5,8-9H2,1-3H3. The van der Waals surface area contributed by atoms with Crippen LogP contribution >= 0.6 is 0 Å². The molecule has 1 N–H and O–H groups in total. The van der Waals surface area contributed by atoms with Gasteiger partial charge in [0.1, 0.15) is 12.3 Å². The molecule has 0 radical (unpaired) electrons. The number of carbonyl (C=O) groups excluding carboxylic acids is 2. The Balaban J connectivity index is 0.000000242. The maximum absolute atomic E-state index is 12.9. The van der Waals surface area contributed by atoms with Gasteiger partial charge in [0, 0.05) is 30.3 Å². The fourth-order valence-electron chi connectivity index (χ4n) is 5.40. The average molecular weight is 540 g/mol. The second kappa shape index (κ2) is 14.6. The number of aliphatic hydroxyl groups excluding tert-OH is 1. The highest BCUT2D eigenvalue weighted by molar-refractivity contribution is 5.94. The first-order valence-corrected chi connectivity index (χ1v) is 15.0. The molecule has 216 valence electrons. The van der Waals surface area contributed by atoms with Gasteiger partial charge in [-0.15, -0.1) is 0 Å². The van der Waals surface area contributed by atoms with Crippen LogP contribution < -0.4 is 4.74 Å². The van der Waals surface area contributed by atoms with Gasteiger partial charge >= 0.3 is 0 Å². The van der Waals surface area contributed by atoms with Crippen LogP contribution in [0.5, 0.6) is 5.75 Å². The minimum atomic E-state index is -0.306. The lowest BCUT2D eigenvalue weighted by atomic mass is 10.0. The van der Waals surface area contributed by atoms with E-state index in [1.807, 2.05) is 19.9 Å². The Labute approximate surface area is 234 Å². The molecule has 7 nitrogen and oxygen atoms in total. The van der Waals surface area contributed by atoms with Gasteiger partial charge in [-0.3, -0.25) is 14.3 Å². The van der Waals surface area contributed by atoms with Gasteiger partial charge in [-0.25, -0.2) is 0 Å². The van der Waals surface area contributed by atoms with E-state index in [1.54, 1.807) is 9.58 Å². The van der Waals surface area contributed by atoms with Gasteiger partial charge in [-0.1, -0.05) is 65.7 Å². The molecule has 1 aromatic carbocycles. The van der Waals surface area contributed by atoms with Crippen molar-refractivity contribution in [2.75, 3.05) is 13.1 Å². The van der Waals surface area contributed by atoms with Gasteiger partial charge in [0.15, 0.2) is 11.5 Å². The second-order valence-corrected chi connectivity index (χ2v) is 11.5. The van der Waals surface area contributed by atoms with E-state index in [1.165, 1.54) is 18.4 Å². The van der Waals surface area contributed by atoms with Crippen molar-refractivity contribution >= 4 is 11.7 Å². The molecule has 7 heteroatoms. The number of hydrogen-bond donors (Lipinski definition) is 1. The van der Waals surface area contributed by atoms with Crippen molar-refractivity contribution in [1.82, 2.24) is 14.7 Å². The predicted octanol–water partition coefficient (Wildman–Crippen LogP) is 6.10. The van der Waals surface area contributed by atoms with Crippen LogP contribution in [0.3, 0.4) is 0 Å². The Morgan fingerprint density at radius 3 is 2.31 bits per heavy atom. The van der Waals surface area contributed by atoms with E-state index in [4.69, 9.17) is 4.74 Å². The van der Waals surface area contributed by atoms with Crippen molar-refractivity contribution in [3.05, 3.63) is 46.8 Å². The monoisotopic (exact) mass is 539 g/mol. The fraction of sp³-hybridized carbons (Fsp3) is 0.656. The summed E-state index contributed by atoms with van der Waals surface area (Å²) in [5, 5.41) is 14.2. The number of aromatic nitrogens is 2. The zero-order chi connectivity index (χ0) is 28.5. The highest BCUT2D eigenvalue weighted by Gasteiger charge is 2.34. The van der Waals surface area contributed by atoms with Gasteiger partial charge in [0.05, 0.1) is 12.2 Å². The van der Waals surface area contributed by atoms with Crippen LogP contribution in [-0.4, -0.2) is 56.8 Å². The molecule has 1 saturated heterocycles. The van der Waals surface area contributed by atoms with Crippen LogP contribution in [0.2, 0.25) is 0 Å². The van der Waals surface area contributed by atoms with Gasteiger partial charge in [0.2, 0.25) is 0 Å². The van der Waals surface area contributed by atoms with Crippen LogP contribution in [0.4, 0.5) is 0 Å². The highest BCUT2D eigenvalue weighted by Crippen LogP contribution is 2.36. The molecule has 2 aliphatic rings. The van der Waals surface area contributed by atoms with Crippen molar-refractivity contribution in [1.29, 1.82) is 0 Å². The van der Waals surface area contributed by atoms with Gasteiger partial charge in [-0.2, -0.15) is 5.10 Å². The van der Waals surface area contributed by atoms with Gasteiger partial charge < -0.3 is 14.7 Å². The fourth-order valence-corrected chi connectivity index (χ4v) is 5.40. The largest absolute Gasteiger partial charge is 0.490 e. The third kappa shape index (κ3) is 8.17. The van der Waals surface area contributed by atoms with Crippen LogP contribution in [0.15, 0.2) is 24.3 Å². The third-order valence-electron chi connectivity index (χ3n) is 7.92. The van der Waals surface area contributed by atoms with E-state index < -0.39 is 0 Å². The first-order chi connectivity index (χ1) is 18.7. The van der Waals surface area contributed by atoms with Gasteiger partial charge in [-0.05, 0) is 63.0 Å². The predicted molar refractivity (Wildman–Crippen MR) is 155 cm³/mol. The second-order valence-electron chi connectivity index (χ2n) is 11.5. The maximum Gasteiger partial charge on any atom is 0.274 e. The Morgan fingerprint density at radius 1 is 1.08 bits per heavy atom. The normalized spacial score (nSPS) is 17.3. The summed E-state index contributed by atoms with van der Waals surface area (Å²) >= 11 is 0. The molecule has 1 aromatic heterocycles. The number of carbonyl (C=O) groups is 2. The Hall–Kier alpha value is -2.67.